The fraction of sp³-hybridized carbons (Fsp3) is 0. The van der Waals surface area contributed by atoms with Gasteiger partial charge in [-0.05, 0) is 84.9 Å². The number of hydrogen-bond donors (Lipinski definition) is 6. The summed E-state index contributed by atoms with van der Waals surface area (Å²) in [6.07, 6.45) is 0. The van der Waals surface area contributed by atoms with Gasteiger partial charge in [0.25, 0.3) is 11.8 Å². The fourth-order valence-corrected chi connectivity index (χ4v) is 5.04. The van der Waals surface area contributed by atoms with Crippen molar-refractivity contribution < 1.29 is 48.0 Å². The van der Waals surface area contributed by atoms with E-state index in [9.17, 15) is 48.0 Å². The number of sulfone groups is 1. The van der Waals surface area contributed by atoms with Crippen LogP contribution in [0.3, 0.4) is 0 Å². The molecule has 0 spiro atoms. The molecular weight excluding hydrogens is 556 g/mol. The van der Waals surface area contributed by atoms with E-state index in [2.05, 4.69) is 10.6 Å². The number of amides is 2. The number of phenols is 2. The number of carbonyl (C=O) groups excluding carboxylic acids is 2. The summed E-state index contributed by atoms with van der Waals surface area (Å²) in [6.45, 7) is 0. The van der Waals surface area contributed by atoms with Crippen molar-refractivity contribution in [3.05, 3.63) is 107 Å². The van der Waals surface area contributed by atoms with Crippen molar-refractivity contribution in [2.75, 3.05) is 10.6 Å². The highest BCUT2D eigenvalue weighted by molar-refractivity contribution is 7.91. The molecule has 0 fully saturated rings. The van der Waals surface area contributed by atoms with Gasteiger partial charge in [0.15, 0.2) is 0 Å². The van der Waals surface area contributed by atoms with Crippen LogP contribution >= 0.6 is 0 Å². The minimum absolute atomic E-state index is 0.113. The lowest BCUT2D eigenvalue weighted by molar-refractivity contribution is 0.0683. The smallest absolute Gasteiger partial charge is 0.336 e. The van der Waals surface area contributed by atoms with Crippen molar-refractivity contribution in [1.29, 1.82) is 0 Å². The van der Waals surface area contributed by atoms with Crippen LogP contribution in [0.4, 0.5) is 11.4 Å². The van der Waals surface area contributed by atoms with Crippen molar-refractivity contribution in [2.45, 2.75) is 9.79 Å². The van der Waals surface area contributed by atoms with Crippen molar-refractivity contribution in [2.24, 2.45) is 0 Å². The van der Waals surface area contributed by atoms with Crippen molar-refractivity contribution in [3.8, 4) is 11.5 Å². The van der Waals surface area contributed by atoms with Gasteiger partial charge in [0.2, 0.25) is 9.84 Å². The Labute approximate surface area is 232 Å². The van der Waals surface area contributed by atoms with E-state index in [0.29, 0.717) is 0 Å². The third-order valence-corrected chi connectivity index (χ3v) is 7.59. The third-order valence-electron chi connectivity index (χ3n) is 5.80. The molecule has 0 bridgehead atoms. The van der Waals surface area contributed by atoms with Gasteiger partial charge in [-0.2, -0.15) is 0 Å². The van der Waals surface area contributed by atoms with E-state index in [1.165, 1.54) is 48.5 Å². The van der Waals surface area contributed by atoms with Crippen LogP contribution < -0.4 is 10.6 Å². The first-order chi connectivity index (χ1) is 19.4. The van der Waals surface area contributed by atoms with E-state index >= 15 is 0 Å². The van der Waals surface area contributed by atoms with Crippen LogP contribution in [0.2, 0.25) is 0 Å². The summed E-state index contributed by atoms with van der Waals surface area (Å²) < 4.78 is 26.2. The lowest BCUT2D eigenvalue weighted by Crippen LogP contribution is -2.16. The lowest BCUT2D eigenvalue weighted by atomic mass is 10.1. The molecule has 4 aromatic rings. The predicted molar refractivity (Wildman–Crippen MR) is 144 cm³/mol. The van der Waals surface area contributed by atoms with E-state index in [1.54, 1.807) is 0 Å². The second-order valence-electron chi connectivity index (χ2n) is 8.53. The van der Waals surface area contributed by atoms with Crippen LogP contribution in [-0.2, 0) is 9.84 Å². The van der Waals surface area contributed by atoms with Crippen LogP contribution in [0.1, 0.15) is 41.4 Å². The summed E-state index contributed by atoms with van der Waals surface area (Å²) in [7, 11) is -4.02. The highest BCUT2D eigenvalue weighted by Crippen LogP contribution is 2.25. The SMILES string of the molecule is O=C(O)c1cc(O)ccc1C(=O)Nc1ccc(S(=O)(=O)c2ccc(NC(=O)c3ccc(O)cc3C(=O)O)cc2)cc1. The van der Waals surface area contributed by atoms with E-state index in [4.69, 9.17) is 0 Å². The Balaban J connectivity index is 1.48. The minimum Gasteiger partial charge on any atom is -0.508 e. The molecule has 0 saturated carbocycles. The molecule has 0 aromatic heterocycles. The normalized spacial score (nSPS) is 10.9. The average molecular weight is 577 g/mol. The van der Waals surface area contributed by atoms with Crippen LogP contribution in [0, 0.1) is 0 Å². The Morgan fingerprint density at radius 3 is 1.17 bits per heavy atom. The van der Waals surface area contributed by atoms with E-state index in [0.717, 1.165) is 36.4 Å². The number of hydrogen-bond acceptors (Lipinski definition) is 8. The Bertz CT molecular complexity index is 1670. The molecule has 0 aliphatic carbocycles. The summed E-state index contributed by atoms with van der Waals surface area (Å²) in [6, 6.07) is 16.7. The summed E-state index contributed by atoms with van der Waals surface area (Å²) in [5, 5.41) is 42.5. The van der Waals surface area contributed by atoms with E-state index < -0.39 is 44.7 Å². The Morgan fingerprint density at radius 1 is 0.512 bits per heavy atom. The molecule has 0 unspecified atom stereocenters. The number of carbonyl (C=O) groups is 4. The van der Waals surface area contributed by atoms with Gasteiger partial charge in [-0.25, -0.2) is 18.0 Å². The molecule has 0 saturated heterocycles. The van der Waals surface area contributed by atoms with Gasteiger partial charge < -0.3 is 31.1 Å². The second-order valence-corrected chi connectivity index (χ2v) is 10.5. The molecule has 41 heavy (non-hydrogen) atoms. The monoisotopic (exact) mass is 576 g/mol. The first-order valence-electron chi connectivity index (χ1n) is 11.6. The van der Waals surface area contributed by atoms with Crippen LogP contribution in [0.5, 0.6) is 11.5 Å². The minimum atomic E-state index is -4.02. The summed E-state index contributed by atoms with van der Waals surface area (Å²) in [4.78, 5) is 47.7. The zero-order valence-electron chi connectivity index (χ0n) is 20.7. The number of aromatic carboxylic acids is 2. The standard InChI is InChI=1S/C28H20N2O10S/c31-17-5-11-21(23(13-17)27(35)36)25(33)29-15-1-7-19(8-2-15)41(39,40)20-9-3-16(4-10-20)30-26(34)22-12-6-18(32)14-24(22)28(37)38/h1-14,31-32H,(H,29,33)(H,30,34)(H,35,36)(H,37,38). The van der Waals surface area contributed by atoms with Crippen LogP contribution in [0.15, 0.2) is 94.7 Å². The largest absolute Gasteiger partial charge is 0.508 e. The maximum Gasteiger partial charge on any atom is 0.336 e. The third kappa shape index (κ3) is 6.15. The summed E-state index contributed by atoms with van der Waals surface area (Å²) in [5.41, 5.74) is -0.858. The number of anilines is 2. The summed E-state index contributed by atoms with van der Waals surface area (Å²) >= 11 is 0. The number of aromatic hydroxyl groups is 2. The number of carboxylic acid groups (broad SMARTS) is 2. The highest BCUT2D eigenvalue weighted by Gasteiger charge is 2.21. The average Bonchev–Trinajstić information content (AvgIpc) is 2.93. The van der Waals surface area contributed by atoms with Gasteiger partial charge >= 0.3 is 11.9 Å². The molecule has 0 aliphatic heterocycles. The van der Waals surface area contributed by atoms with Crippen LogP contribution in [-0.4, -0.2) is 52.6 Å². The first kappa shape index (κ1) is 28.3. The molecule has 6 N–H and O–H groups in total. The quantitative estimate of drug-likeness (QED) is 0.179. The van der Waals surface area contributed by atoms with Gasteiger partial charge in [0.05, 0.1) is 32.0 Å². The van der Waals surface area contributed by atoms with Gasteiger partial charge in [-0.15, -0.1) is 0 Å². The van der Waals surface area contributed by atoms with Crippen LogP contribution in [0.25, 0.3) is 0 Å². The lowest BCUT2D eigenvalue weighted by Gasteiger charge is -2.11. The van der Waals surface area contributed by atoms with Crippen molar-refractivity contribution in [3.63, 3.8) is 0 Å². The van der Waals surface area contributed by atoms with Gasteiger partial charge in [0, 0.05) is 11.4 Å². The molecular formula is C28H20N2O10S. The molecule has 208 valence electrons. The number of phenolic OH excluding ortho intramolecular Hbond substituents is 2. The molecule has 4 aromatic carbocycles. The maximum absolute atomic E-state index is 13.1. The van der Waals surface area contributed by atoms with Gasteiger partial charge in [-0.1, -0.05) is 0 Å². The number of nitrogens with one attached hydrogen (secondary N) is 2. The first-order valence-corrected chi connectivity index (χ1v) is 13.1. The van der Waals surface area contributed by atoms with Crippen molar-refractivity contribution in [1.82, 2.24) is 0 Å². The fourth-order valence-electron chi connectivity index (χ4n) is 3.78. The number of rotatable bonds is 8. The molecule has 13 heteroatoms. The maximum atomic E-state index is 13.1. The van der Waals surface area contributed by atoms with E-state index in [1.807, 2.05) is 0 Å². The molecule has 0 atom stereocenters. The zero-order valence-corrected chi connectivity index (χ0v) is 21.5. The van der Waals surface area contributed by atoms with Gasteiger partial charge in [-0.3, -0.25) is 9.59 Å². The Hall–Kier alpha value is -5.69. The molecule has 2 amide bonds. The van der Waals surface area contributed by atoms with Gasteiger partial charge in [0.1, 0.15) is 11.5 Å². The van der Waals surface area contributed by atoms with Crippen molar-refractivity contribution >= 4 is 45.0 Å². The Morgan fingerprint density at radius 2 is 0.854 bits per heavy atom. The molecule has 0 heterocycles. The summed E-state index contributed by atoms with van der Waals surface area (Å²) in [5.74, 6) is -5.04. The topological polar surface area (TPSA) is 207 Å². The molecule has 0 radical (unpaired) electrons. The predicted octanol–water partition coefficient (Wildman–Crippen LogP) is 3.83. The Kier molecular flexibility index (Phi) is 7.73. The molecule has 0 aliphatic rings. The molecule has 4 rings (SSSR count). The number of carboxylic acids is 2. The molecule has 12 nitrogen and oxygen atoms in total. The zero-order chi connectivity index (χ0) is 29.9. The highest BCUT2D eigenvalue weighted by atomic mass is 32.2. The second kappa shape index (κ2) is 11.2. The van der Waals surface area contributed by atoms with E-state index in [-0.39, 0.29) is 43.8 Å². The number of benzene rings is 4.